The lowest BCUT2D eigenvalue weighted by molar-refractivity contribution is 0.0673. The Labute approximate surface area is 97.8 Å². The van der Waals surface area contributed by atoms with Gasteiger partial charge in [-0.15, -0.1) is 0 Å². The molecule has 1 aromatic carbocycles. The van der Waals surface area contributed by atoms with Crippen molar-refractivity contribution < 1.29 is 18.3 Å². The highest BCUT2D eigenvalue weighted by Gasteiger charge is 2.22. The molecule has 0 bridgehead atoms. The molecule has 0 aromatic heterocycles. The second-order valence-corrected chi connectivity index (χ2v) is 3.95. The third-order valence-electron chi connectivity index (χ3n) is 2.67. The molecule has 0 saturated carbocycles. The van der Waals surface area contributed by atoms with Gasteiger partial charge in [0.1, 0.15) is 11.6 Å². The molecule has 1 fully saturated rings. The van der Waals surface area contributed by atoms with Gasteiger partial charge in [0.15, 0.2) is 5.78 Å². The van der Waals surface area contributed by atoms with E-state index in [-0.39, 0.29) is 12.5 Å². The average Bonchev–Trinajstić information content (AvgIpc) is 2.30. The van der Waals surface area contributed by atoms with Crippen LogP contribution in [0.15, 0.2) is 18.2 Å². The van der Waals surface area contributed by atoms with E-state index < -0.39 is 23.0 Å². The summed E-state index contributed by atoms with van der Waals surface area (Å²) in [6, 6.07) is 3.24. The van der Waals surface area contributed by atoms with Gasteiger partial charge in [0.05, 0.1) is 18.8 Å². The van der Waals surface area contributed by atoms with Crippen LogP contribution in [0, 0.1) is 11.6 Å². The fourth-order valence-electron chi connectivity index (χ4n) is 1.84. The highest BCUT2D eigenvalue weighted by molar-refractivity contribution is 5.97. The summed E-state index contributed by atoms with van der Waals surface area (Å²) in [5.41, 5.74) is -0.458. The zero-order valence-electron chi connectivity index (χ0n) is 9.21. The molecule has 2 rings (SSSR count). The van der Waals surface area contributed by atoms with Crippen molar-refractivity contribution in [3.63, 3.8) is 0 Å². The molecule has 1 aromatic rings. The van der Waals surface area contributed by atoms with Crippen LogP contribution in [0.2, 0.25) is 0 Å². The largest absolute Gasteiger partial charge is 0.378 e. The minimum atomic E-state index is -0.813. The third-order valence-corrected chi connectivity index (χ3v) is 2.67. The predicted octanol–water partition coefficient (Wildman–Crippen LogP) is 1.53. The summed E-state index contributed by atoms with van der Waals surface area (Å²) in [6.45, 7) is 1.64. The zero-order chi connectivity index (χ0) is 12.3. The molecular weight excluding hydrogens is 228 g/mol. The van der Waals surface area contributed by atoms with E-state index in [1.165, 1.54) is 6.07 Å². The van der Waals surface area contributed by atoms with E-state index in [9.17, 15) is 13.6 Å². The van der Waals surface area contributed by atoms with Crippen molar-refractivity contribution in [2.45, 2.75) is 12.5 Å². The van der Waals surface area contributed by atoms with Gasteiger partial charge in [-0.2, -0.15) is 0 Å². The molecule has 92 valence electrons. The van der Waals surface area contributed by atoms with Gasteiger partial charge in [0.25, 0.3) is 0 Å². The summed E-state index contributed by atoms with van der Waals surface area (Å²) >= 11 is 0. The molecule has 1 heterocycles. The number of carbonyl (C=O) groups excluding carboxylic acids is 1. The van der Waals surface area contributed by atoms with Gasteiger partial charge in [0, 0.05) is 19.0 Å². The number of carbonyl (C=O) groups is 1. The molecule has 0 spiro atoms. The summed E-state index contributed by atoms with van der Waals surface area (Å²) < 4.78 is 31.9. The normalized spacial score (nSPS) is 20.2. The summed E-state index contributed by atoms with van der Waals surface area (Å²) in [5.74, 6) is -2.16. The molecule has 1 atom stereocenters. The fourth-order valence-corrected chi connectivity index (χ4v) is 1.84. The quantitative estimate of drug-likeness (QED) is 0.815. The first kappa shape index (κ1) is 12.1. The van der Waals surface area contributed by atoms with Gasteiger partial charge in [-0.1, -0.05) is 6.07 Å². The smallest absolute Gasteiger partial charge is 0.170 e. The Balaban J connectivity index is 2.08. The van der Waals surface area contributed by atoms with Crippen molar-refractivity contribution in [3.8, 4) is 0 Å². The number of ketones is 1. The maximum Gasteiger partial charge on any atom is 0.170 e. The van der Waals surface area contributed by atoms with E-state index in [2.05, 4.69) is 5.32 Å². The Bertz CT molecular complexity index is 397. The van der Waals surface area contributed by atoms with Gasteiger partial charge in [-0.25, -0.2) is 8.78 Å². The van der Waals surface area contributed by atoms with Gasteiger partial charge < -0.3 is 10.1 Å². The number of halogens is 2. The van der Waals surface area contributed by atoms with Crippen molar-refractivity contribution in [1.29, 1.82) is 0 Å². The minimum absolute atomic E-state index is 0.0395. The second kappa shape index (κ2) is 5.33. The molecule has 17 heavy (non-hydrogen) atoms. The molecule has 0 radical (unpaired) electrons. The van der Waals surface area contributed by atoms with Crippen LogP contribution in [0.3, 0.4) is 0 Å². The van der Waals surface area contributed by atoms with Crippen molar-refractivity contribution in [2.24, 2.45) is 0 Å². The molecule has 1 saturated heterocycles. The summed E-state index contributed by atoms with van der Waals surface area (Å²) in [4.78, 5) is 11.8. The van der Waals surface area contributed by atoms with Crippen LogP contribution in [-0.4, -0.2) is 31.6 Å². The molecule has 1 N–H and O–H groups in total. The van der Waals surface area contributed by atoms with E-state index >= 15 is 0 Å². The van der Waals surface area contributed by atoms with Crippen LogP contribution in [0.5, 0.6) is 0 Å². The number of nitrogens with one attached hydrogen (secondary N) is 1. The van der Waals surface area contributed by atoms with Gasteiger partial charge in [-0.3, -0.25) is 4.79 Å². The maximum atomic E-state index is 13.3. The molecule has 0 amide bonds. The highest BCUT2D eigenvalue weighted by atomic mass is 19.1. The van der Waals surface area contributed by atoms with Crippen LogP contribution >= 0.6 is 0 Å². The summed E-state index contributed by atoms with van der Waals surface area (Å²) in [6.07, 6.45) is 0.0395. The van der Waals surface area contributed by atoms with Crippen molar-refractivity contribution in [1.82, 2.24) is 5.32 Å². The first-order valence-electron chi connectivity index (χ1n) is 5.47. The lowest BCUT2D eigenvalue weighted by Gasteiger charge is -2.23. The molecule has 1 aliphatic heterocycles. The highest BCUT2D eigenvalue weighted by Crippen LogP contribution is 2.15. The lowest BCUT2D eigenvalue weighted by atomic mass is 10.0. The Morgan fingerprint density at radius 1 is 1.41 bits per heavy atom. The molecule has 3 nitrogen and oxygen atoms in total. The van der Waals surface area contributed by atoms with E-state index in [1.807, 2.05) is 0 Å². The van der Waals surface area contributed by atoms with Crippen LogP contribution in [0.25, 0.3) is 0 Å². The average molecular weight is 241 g/mol. The van der Waals surface area contributed by atoms with E-state index in [1.54, 1.807) is 0 Å². The van der Waals surface area contributed by atoms with Crippen LogP contribution < -0.4 is 5.32 Å². The van der Waals surface area contributed by atoms with Crippen LogP contribution in [0.4, 0.5) is 8.78 Å². The molecule has 5 heteroatoms. The van der Waals surface area contributed by atoms with Crippen molar-refractivity contribution in [3.05, 3.63) is 35.4 Å². The van der Waals surface area contributed by atoms with E-state index in [0.29, 0.717) is 19.8 Å². The monoisotopic (exact) mass is 241 g/mol. The van der Waals surface area contributed by atoms with Gasteiger partial charge >= 0.3 is 0 Å². The predicted molar refractivity (Wildman–Crippen MR) is 57.9 cm³/mol. The Kier molecular flexibility index (Phi) is 3.81. The number of Topliss-reactive ketones (excluding diaryl/α,β-unsaturated/α-hetero) is 1. The molecule has 1 aliphatic rings. The summed E-state index contributed by atoms with van der Waals surface area (Å²) in [7, 11) is 0. The number of morpholine rings is 1. The van der Waals surface area contributed by atoms with Gasteiger partial charge in [0.2, 0.25) is 0 Å². The Morgan fingerprint density at radius 2 is 2.12 bits per heavy atom. The standard InChI is InChI=1S/C12H13F2NO2/c13-9-2-1-3-10(14)12(9)11(16)6-8-7-17-5-4-15-8/h1-3,8,15H,4-7H2. The number of ether oxygens (including phenoxy) is 1. The second-order valence-electron chi connectivity index (χ2n) is 3.95. The number of benzene rings is 1. The third kappa shape index (κ3) is 2.87. The van der Waals surface area contributed by atoms with Crippen LogP contribution in [-0.2, 0) is 4.74 Å². The van der Waals surface area contributed by atoms with E-state index in [4.69, 9.17) is 4.74 Å². The Hall–Kier alpha value is -1.33. The number of hydrogen-bond acceptors (Lipinski definition) is 3. The zero-order valence-corrected chi connectivity index (χ0v) is 9.21. The fraction of sp³-hybridized carbons (Fsp3) is 0.417. The molecule has 1 unspecified atom stereocenters. The van der Waals surface area contributed by atoms with Crippen molar-refractivity contribution >= 4 is 5.78 Å². The van der Waals surface area contributed by atoms with Gasteiger partial charge in [-0.05, 0) is 12.1 Å². The Morgan fingerprint density at radius 3 is 2.71 bits per heavy atom. The van der Waals surface area contributed by atoms with Crippen LogP contribution in [0.1, 0.15) is 16.8 Å². The first-order valence-corrected chi connectivity index (χ1v) is 5.47. The lowest BCUT2D eigenvalue weighted by Crippen LogP contribution is -2.42. The van der Waals surface area contributed by atoms with E-state index in [0.717, 1.165) is 12.1 Å². The number of hydrogen-bond donors (Lipinski definition) is 1. The molecular formula is C12H13F2NO2. The minimum Gasteiger partial charge on any atom is -0.378 e. The topological polar surface area (TPSA) is 38.3 Å². The SMILES string of the molecule is O=C(CC1COCCN1)c1c(F)cccc1F. The molecule has 0 aliphatic carbocycles. The maximum absolute atomic E-state index is 13.3. The van der Waals surface area contributed by atoms with Crippen molar-refractivity contribution in [2.75, 3.05) is 19.8 Å². The number of rotatable bonds is 3. The first-order chi connectivity index (χ1) is 8.18. The summed E-state index contributed by atoms with van der Waals surface area (Å²) in [5, 5.41) is 3.07.